The van der Waals surface area contributed by atoms with Crippen molar-refractivity contribution in [3.05, 3.63) is 60.2 Å². The van der Waals surface area contributed by atoms with Crippen molar-refractivity contribution in [1.82, 2.24) is 0 Å². The van der Waals surface area contributed by atoms with Crippen LogP contribution in [-0.4, -0.2) is 0 Å². The third-order valence-electron chi connectivity index (χ3n) is 4.34. The van der Waals surface area contributed by atoms with Crippen molar-refractivity contribution in [3.63, 3.8) is 0 Å². The highest BCUT2D eigenvalue weighted by atomic mass is 14.3. The van der Waals surface area contributed by atoms with Crippen LogP contribution in [0.25, 0.3) is 0 Å². The maximum atomic E-state index is 2.43. The summed E-state index contributed by atoms with van der Waals surface area (Å²) in [6.45, 7) is 4.63. The quantitative estimate of drug-likeness (QED) is 0.639. The summed E-state index contributed by atoms with van der Waals surface area (Å²) < 4.78 is 0. The van der Waals surface area contributed by atoms with Crippen LogP contribution < -0.4 is 0 Å². The largest absolute Gasteiger partial charge is 0.0837 e. The second-order valence-corrected chi connectivity index (χ2v) is 5.43. The third-order valence-corrected chi connectivity index (χ3v) is 4.34. The summed E-state index contributed by atoms with van der Waals surface area (Å²) in [5.41, 5.74) is 1.88. The van der Waals surface area contributed by atoms with Gasteiger partial charge in [0.15, 0.2) is 0 Å². The Morgan fingerprint density at radius 2 is 1.89 bits per heavy atom. The normalized spacial score (nSPS) is 24.1. The van der Waals surface area contributed by atoms with Crippen LogP contribution in [0.3, 0.4) is 0 Å². The first-order valence-corrected chi connectivity index (χ1v) is 7.19. The van der Waals surface area contributed by atoms with Gasteiger partial charge >= 0.3 is 0 Å². The lowest BCUT2D eigenvalue weighted by atomic mass is 9.71. The number of rotatable bonds is 5. The van der Waals surface area contributed by atoms with E-state index in [0.29, 0.717) is 11.3 Å². The molecule has 96 valence electrons. The highest BCUT2D eigenvalue weighted by Gasteiger charge is 2.28. The molecule has 18 heavy (non-hydrogen) atoms. The summed E-state index contributed by atoms with van der Waals surface area (Å²) in [5, 5.41) is 0. The van der Waals surface area contributed by atoms with Gasteiger partial charge in [-0.1, -0.05) is 68.5 Å². The van der Waals surface area contributed by atoms with E-state index in [1.807, 2.05) is 0 Å². The van der Waals surface area contributed by atoms with E-state index < -0.39 is 0 Å². The summed E-state index contributed by atoms with van der Waals surface area (Å²) in [6, 6.07) is 11.0. The van der Waals surface area contributed by atoms with Crippen LogP contribution in [0.15, 0.2) is 54.6 Å². The highest BCUT2D eigenvalue weighted by molar-refractivity contribution is 5.23. The minimum Gasteiger partial charge on any atom is -0.0837 e. The average molecular weight is 240 g/mol. The van der Waals surface area contributed by atoms with Gasteiger partial charge in [0.25, 0.3) is 0 Å². The topological polar surface area (TPSA) is 0 Å². The van der Waals surface area contributed by atoms with E-state index in [1.165, 1.54) is 31.2 Å². The second-order valence-electron chi connectivity index (χ2n) is 5.43. The van der Waals surface area contributed by atoms with Crippen molar-refractivity contribution >= 4 is 0 Å². The van der Waals surface area contributed by atoms with Crippen LogP contribution in [0.5, 0.6) is 0 Å². The van der Waals surface area contributed by atoms with Crippen molar-refractivity contribution in [2.75, 3.05) is 0 Å². The smallest absolute Gasteiger partial charge is 0.00774 e. The number of hydrogen-bond donors (Lipinski definition) is 0. The molecule has 0 spiro atoms. The molecule has 0 aromatic heterocycles. The minimum absolute atomic E-state index is 0.380. The molecule has 0 N–H and O–H groups in total. The summed E-state index contributed by atoms with van der Waals surface area (Å²) in [4.78, 5) is 0. The maximum Gasteiger partial charge on any atom is -0.00774 e. The molecule has 0 saturated heterocycles. The highest BCUT2D eigenvalue weighted by Crippen LogP contribution is 2.42. The zero-order valence-electron chi connectivity index (χ0n) is 11.6. The Bertz CT molecular complexity index is 413. The fraction of sp³-hybridized carbons (Fsp3) is 0.444. The average Bonchev–Trinajstić information content (AvgIpc) is 2.47. The van der Waals surface area contributed by atoms with Gasteiger partial charge in [0.05, 0.1) is 0 Å². The Morgan fingerprint density at radius 1 is 1.11 bits per heavy atom. The van der Waals surface area contributed by atoms with E-state index >= 15 is 0 Å². The van der Waals surface area contributed by atoms with E-state index in [1.54, 1.807) is 0 Å². The molecule has 0 aliphatic heterocycles. The van der Waals surface area contributed by atoms with Crippen LogP contribution in [0.1, 0.15) is 51.0 Å². The van der Waals surface area contributed by atoms with Gasteiger partial charge in [-0.25, -0.2) is 0 Å². The molecule has 0 nitrogen and oxygen atoms in total. The molecule has 1 aromatic rings. The molecule has 0 amide bonds. The molecule has 2 atom stereocenters. The van der Waals surface area contributed by atoms with Gasteiger partial charge in [0, 0.05) is 0 Å². The van der Waals surface area contributed by atoms with E-state index in [-0.39, 0.29) is 0 Å². The summed E-state index contributed by atoms with van der Waals surface area (Å²) in [6.07, 6.45) is 14.1. The van der Waals surface area contributed by atoms with Crippen LogP contribution in [0, 0.1) is 5.41 Å². The first-order valence-electron chi connectivity index (χ1n) is 7.19. The fourth-order valence-electron chi connectivity index (χ4n) is 2.98. The molecular formula is C18H24. The van der Waals surface area contributed by atoms with Gasteiger partial charge in [-0.05, 0) is 42.6 Å². The molecule has 0 heteroatoms. The van der Waals surface area contributed by atoms with Crippen molar-refractivity contribution in [1.29, 1.82) is 0 Å². The predicted molar refractivity (Wildman–Crippen MR) is 79.7 cm³/mol. The molecule has 0 saturated carbocycles. The molecule has 0 fully saturated rings. The maximum absolute atomic E-state index is 2.43. The number of allylic oxidation sites excluding steroid dienone is 4. The minimum atomic E-state index is 0.380. The van der Waals surface area contributed by atoms with Crippen LogP contribution in [-0.2, 0) is 0 Å². The summed E-state index contributed by atoms with van der Waals surface area (Å²) in [5.74, 6) is 0.683. The molecular weight excluding hydrogens is 216 g/mol. The van der Waals surface area contributed by atoms with E-state index in [2.05, 4.69) is 68.5 Å². The number of hydrogen-bond acceptors (Lipinski definition) is 0. The lowest BCUT2D eigenvalue weighted by molar-refractivity contribution is 0.304. The second kappa shape index (κ2) is 6.04. The lowest BCUT2D eigenvalue weighted by Crippen LogP contribution is -2.21. The Kier molecular flexibility index (Phi) is 4.41. The first kappa shape index (κ1) is 13.1. The fourth-order valence-corrected chi connectivity index (χ4v) is 2.98. The van der Waals surface area contributed by atoms with Crippen molar-refractivity contribution in [2.24, 2.45) is 5.41 Å². The molecule has 2 rings (SSSR count). The monoisotopic (exact) mass is 240 g/mol. The molecule has 1 aliphatic rings. The standard InChI is InChI=1S/C18H24/c1-3-16(17-11-7-5-8-12-17)15-18(4-2)13-9-6-10-14-18/h5-13,16H,3-4,14-15H2,1-2H3. The van der Waals surface area contributed by atoms with E-state index in [4.69, 9.17) is 0 Å². The Labute approximate surface area is 111 Å². The predicted octanol–water partition coefficient (Wildman–Crippen LogP) is 5.48. The zero-order chi connectivity index (χ0) is 12.8. The molecule has 0 bridgehead atoms. The Morgan fingerprint density at radius 3 is 2.44 bits per heavy atom. The Balaban J connectivity index is 2.15. The number of benzene rings is 1. The molecule has 0 heterocycles. The first-order chi connectivity index (χ1) is 8.79. The van der Waals surface area contributed by atoms with E-state index in [9.17, 15) is 0 Å². The van der Waals surface area contributed by atoms with Crippen molar-refractivity contribution in [2.45, 2.75) is 45.4 Å². The Hall–Kier alpha value is -1.30. The van der Waals surface area contributed by atoms with Gasteiger partial charge in [0.2, 0.25) is 0 Å². The van der Waals surface area contributed by atoms with Gasteiger partial charge in [-0.3, -0.25) is 0 Å². The van der Waals surface area contributed by atoms with E-state index in [0.717, 1.165) is 0 Å². The summed E-state index contributed by atoms with van der Waals surface area (Å²) >= 11 is 0. The van der Waals surface area contributed by atoms with Gasteiger partial charge in [-0.15, -0.1) is 0 Å². The van der Waals surface area contributed by atoms with Crippen LogP contribution >= 0.6 is 0 Å². The molecule has 2 unspecified atom stereocenters. The zero-order valence-corrected chi connectivity index (χ0v) is 11.6. The van der Waals surface area contributed by atoms with Gasteiger partial charge in [-0.2, -0.15) is 0 Å². The van der Waals surface area contributed by atoms with Crippen LogP contribution in [0.4, 0.5) is 0 Å². The third kappa shape index (κ3) is 2.93. The van der Waals surface area contributed by atoms with Gasteiger partial charge in [0.1, 0.15) is 0 Å². The van der Waals surface area contributed by atoms with Crippen LogP contribution in [0.2, 0.25) is 0 Å². The summed E-state index contributed by atoms with van der Waals surface area (Å²) in [7, 11) is 0. The molecule has 1 aromatic carbocycles. The molecule has 0 radical (unpaired) electrons. The molecule has 1 aliphatic carbocycles. The van der Waals surface area contributed by atoms with Crippen molar-refractivity contribution < 1.29 is 0 Å². The van der Waals surface area contributed by atoms with Crippen molar-refractivity contribution in [3.8, 4) is 0 Å². The SMILES string of the molecule is CCC(CC1(CC)C=CC=CC1)c1ccccc1. The van der Waals surface area contributed by atoms with Gasteiger partial charge < -0.3 is 0 Å². The lowest BCUT2D eigenvalue weighted by Gasteiger charge is -2.34.